The van der Waals surface area contributed by atoms with Gasteiger partial charge >= 0.3 is 6.18 Å². The maximum atomic E-state index is 12.6. The predicted molar refractivity (Wildman–Crippen MR) is 109 cm³/mol. The Hall–Kier alpha value is -1.94. The van der Waals surface area contributed by atoms with Crippen LogP contribution in [0.1, 0.15) is 24.0 Å². The van der Waals surface area contributed by atoms with E-state index in [1.807, 2.05) is 41.3 Å². The van der Waals surface area contributed by atoms with Gasteiger partial charge in [-0.05, 0) is 36.2 Å². The SMILES string of the molecule is N#Cc1ccc(N(Cc2ccccc2Cl)[C@H]2CCN(CCC(F)(F)F)C2)cc1Cl. The molecule has 1 saturated heterocycles. The van der Waals surface area contributed by atoms with Gasteiger partial charge in [-0.2, -0.15) is 18.4 Å². The van der Waals surface area contributed by atoms with Crippen molar-refractivity contribution >= 4 is 28.9 Å². The molecular formula is C21H20Cl2F3N3. The normalized spacial score (nSPS) is 17.3. The molecule has 154 valence electrons. The second-order valence-corrected chi connectivity index (χ2v) is 7.92. The van der Waals surface area contributed by atoms with E-state index >= 15 is 0 Å². The lowest BCUT2D eigenvalue weighted by Crippen LogP contribution is -2.38. The lowest BCUT2D eigenvalue weighted by molar-refractivity contribution is -0.137. The van der Waals surface area contributed by atoms with E-state index in [0.29, 0.717) is 35.2 Å². The minimum atomic E-state index is -4.16. The van der Waals surface area contributed by atoms with Crippen molar-refractivity contribution in [1.29, 1.82) is 5.26 Å². The molecule has 2 aromatic carbocycles. The number of anilines is 1. The summed E-state index contributed by atoms with van der Waals surface area (Å²) in [4.78, 5) is 3.95. The highest BCUT2D eigenvalue weighted by atomic mass is 35.5. The van der Waals surface area contributed by atoms with Gasteiger partial charge in [0.05, 0.1) is 17.0 Å². The second kappa shape index (κ2) is 9.25. The van der Waals surface area contributed by atoms with Crippen molar-refractivity contribution in [2.24, 2.45) is 0 Å². The van der Waals surface area contributed by atoms with E-state index in [4.69, 9.17) is 28.5 Å². The van der Waals surface area contributed by atoms with Crippen molar-refractivity contribution in [3.63, 3.8) is 0 Å². The van der Waals surface area contributed by atoms with Crippen molar-refractivity contribution in [1.82, 2.24) is 4.90 Å². The quantitative estimate of drug-likeness (QED) is 0.558. The number of rotatable bonds is 6. The summed E-state index contributed by atoms with van der Waals surface area (Å²) in [5.74, 6) is 0. The molecule has 0 N–H and O–H groups in total. The van der Waals surface area contributed by atoms with Crippen LogP contribution in [-0.4, -0.2) is 36.8 Å². The molecule has 1 heterocycles. The molecule has 29 heavy (non-hydrogen) atoms. The van der Waals surface area contributed by atoms with Crippen LogP contribution < -0.4 is 4.90 Å². The summed E-state index contributed by atoms with van der Waals surface area (Å²) in [6.07, 6.45) is -4.23. The lowest BCUT2D eigenvalue weighted by Gasteiger charge is -2.32. The smallest absolute Gasteiger partial charge is 0.363 e. The van der Waals surface area contributed by atoms with Crippen molar-refractivity contribution in [3.05, 3.63) is 63.6 Å². The molecule has 8 heteroatoms. The van der Waals surface area contributed by atoms with Gasteiger partial charge in [-0.1, -0.05) is 41.4 Å². The van der Waals surface area contributed by atoms with Crippen molar-refractivity contribution in [2.75, 3.05) is 24.5 Å². The van der Waals surface area contributed by atoms with Gasteiger partial charge in [0.1, 0.15) is 6.07 Å². The lowest BCUT2D eigenvalue weighted by atomic mass is 10.1. The standard InChI is InChI=1S/C21H20Cl2F3N3/c22-19-4-2-1-3-16(19)13-29(17-6-5-15(12-27)20(23)11-17)18-7-9-28(14-18)10-8-21(24,25)26/h1-6,11,18H,7-10,13-14H2/t18-/m0/s1. The van der Waals surface area contributed by atoms with E-state index in [2.05, 4.69) is 4.90 Å². The van der Waals surface area contributed by atoms with Gasteiger partial charge < -0.3 is 9.80 Å². The zero-order chi connectivity index (χ0) is 21.0. The molecule has 1 atom stereocenters. The monoisotopic (exact) mass is 441 g/mol. The Morgan fingerprint density at radius 3 is 2.55 bits per heavy atom. The predicted octanol–water partition coefficient (Wildman–Crippen LogP) is 5.90. The number of hydrogen-bond acceptors (Lipinski definition) is 3. The second-order valence-electron chi connectivity index (χ2n) is 7.10. The summed E-state index contributed by atoms with van der Waals surface area (Å²) in [7, 11) is 0. The van der Waals surface area contributed by atoms with E-state index in [-0.39, 0.29) is 12.6 Å². The summed E-state index contributed by atoms with van der Waals surface area (Å²) < 4.78 is 37.8. The Bertz CT molecular complexity index is 895. The molecule has 3 nitrogen and oxygen atoms in total. The number of halogens is 5. The first kappa shape index (κ1) is 21.8. The maximum absolute atomic E-state index is 12.6. The number of benzene rings is 2. The zero-order valence-electron chi connectivity index (χ0n) is 15.6. The third-order valence-electron chi connectivity index (χ3n) is 5.10. The number of alkyl halides is 3. The highest BCUT2D eigenvalue weighted by molar-refractivity contribution is 6.32. The van der Waals surface area contributed by atoms with Crippen LogP contribution in [0.2, 0.25) is 10.0 Å². The van der Waals surface area contributed by atoms with E-state index in [9.17, 15) is 13.2 Å². The van der Waals surface area contributed by atoms with Crippen LogP contribution >= 0.6 is 23.2 Å². The Morgan fingerprint density at radius 2 is 1.90 bits per heavy atom. The summed E-state index contributed by atoms with van der Waals surface area (Å²) in [6, 6.07) is 14.8. The van der Waals surface area contributed by atoms with Crippen LogP contribution in [0.25, 0.3) is 0 Å². The fraction of sp³-hybridized carbons (Fsp3) is 0.381. The molecule has 2 aromatic rings. The van der Waals surface area contributed by atoms with Crippen molar-refractivity contribution in [2.45, 2.75) is 31.6 Å². The summed E-state index contributed by atoms with van der Waals surface area (Å²) >= 11 is 12.6. The number of hydrogen-bond donors (Lipinski definition) is 0. The maximum Gasteiger partial charge on any atom is 0.390 e. The van der Waals surface area contributed by atoms with Gasteiger partial charge in [-0.3, -0.25) is 0 Å². The van der Waals surface area contributed by atoms with Crippen LogP contribution in [0.4, 0.5) is 18.9 Å². The zero-order valence-corrected chi connectivity index (χ0v) is 17.1. The van der Waals surface area contributed by atoms with Crippen molar-refractivity contribution < 1.29 is 13.2 Å². The van der Waals surface area contributed by atoms with Gasteiger partial charge in [-0.25, -0.2) is 0 Å². The van der Waals surface area contributed by atoms with Gasteiger partial charge in [0.25, 0.3) is 0 Å². The van der Waals surface area contributed by atoms with Gasteiger partial charge in [0.2, 0.25) is 0 Å². The molecule has 1 fully saturated rings. The number of likely N-dealkylation sites (tertiary alicyclic amines) is 1. The van der Waals surface area contributed by atoms with Crippen LogP contribution in [0.5, 0.6) is 0 Å². The highest BCUT2D eigenvalue weighted by Crippen LogP contribution is 2.31. The molecule has 1 aliphatic rings. The van der Waals surface area contributed by atoms with Gasteiger partial charge in [0.15, 0.2) is 0 Å². The molecule has 0 amide bonds. The highest BCUT2D eigenvalue weighted by Gasteiger charge is 2.32. The molecule has 0 spiro atoms. The first-order chi connectivity index (χ1) is 13.8. The third kappa shape index (κ3) is 5.79. The molecule has 3 rings (SSSR count). The molecule has 0 unspecified atom stereocenters. The molecular weight excluding hydrogens is 422 g/mol. The Kier molecular flexibility index (Phi) is 6.94. The average molecular weight is 442 g/mol. The van der Waals surface area contributed by atoms with Gasteiger partial charge in [0, 0.05) is 42.9 Å². The van der Waals surface area contributed by atoms with E-state index in [0.717, 1.165) is 17.7 Å². The molecule has 0 aromatic heterocycles. The fourth-order valence-electron chi connectivity index (χ4n) is 3.57. The van der Waals surface area contributed by atoms with E-state index in [1.165, 1.54) is 0 Å². The van der Waals surface area contributed by atoms with Gasteiger partial charge in [-0.15, -0.1) is 0 Å². The van der Waals surface area contributed by atoms with Crippen molar-refractivity contribution in [3.8, 4) is 6.07 Å². The van der Waals surface area contributed by atoms with E-state index < -0.39 is 12.6 Å². The summed E-state index contributed by atoms with van der Waals surface area (Å²) in [5, 5.41) is 10.1. The average Bonchev–Trinajstić information content (AvgIpc) is 3.14. The minimum absolute atomic E-state index is 0.00589. The molecule has 0 radical (unpaired) electrons. The van der Waals surface area contributed by atoms with Crippen LogP contribution in [0.15, 0.2) is 42.5 Å². The fourth-order valence-corrected chi connectivity index (χ4v) is 3.98. The molecule has 0 bridgehead atoms. The first-order valence-corrected chi connectivity index (χ1v) is 10.0. The van der Waals surface area contributed by atoms with Crippen LogP contribution in [-0.2, 0) is 6.54 Å². The number of nitriles is 1. The Balaban J connectivity index is 1.83. The topological polar surface area (TPSA) is 30.3 Å². The van der Waals surface area contributed by atoms with E-state index in [1.54, 1.807) is 12.1 Å². The summed E-state index contributed by atoms with van der Waals surface area (Å²) in [6.45, 7) is 1.62. The largest absolute Gasteiger partial charge is 0.390 e. The number of nitrogens with zero attached hydrogens (tertiary/aromatic N) is 3. The minimum Gasteiger partial charge on any atom is -0.363 e. The van der Waals surface area contributed by atoms with Crippen LogP contribution in [0, 0.1) is 11.3 Å². The molecule has 0 saturated carbocycles. The summed E-state index contributed by atoms with van der Waals surface area (Å²) in [5.41, 5.74) is 2.12. The van der Waals surface area contributed by atoms with Crippen LogP contribution in [0.3, 0.4) is 0 Å². The Labute approximate surface area is 178 Å². The Morgan fingerprint density at radius 1 is 1.14 bits per heavy atom. The first-order valence-electron chi connectivity index (χ1n) is 9.25. The molecule has 0 aliphatic carbocycles. The molecule has 1 aliphatic heterocycles. The third-order valence-corrected chi connectivity index (χ3v) is 5.78.